The van der Waals surface area contributed by atoms with Crippen LogP contribution in [0.4, 0.5) is 26.0 Å². The van der Waals surface area contributed by atoms with Gasteiger partial charge in [-0.3, -0.25) is 14.4 Å². The van der Waals surface area contributed by atoms with Gasteiger partial charge in [-0.2, -0.15) is 0 Å². The zero-order valence-electron chi connectivity index (χ0n) is 24.8. The van der Waals surface area contributed by atoms with E-state index >= 15 is 0 Å². The number of carbonyl (C=O) groups excluding carboxylic acids is 3. The average Bonchev–Trinajstić information content (AvgIpc) is 3.45. The highest BCUT2D eigenvalue weighted by atomic mass is 35.5. The Labute approximate surface area is 264 Å². The highest BCUT2D eigenvalue weighted by Gasteiger charge is 2.42. The predicted octanol–water partition coefficient (Wildman–Crippen LogP) is 4.54. The fourth-order valence-corrected chi connectivity index (χ4v) is 4.97. The van der Waals surface area contributed by atoms with Gasteiger partial charge in [0.1, 0.15) is 40.8 Å². The summed E-state index contributed by atoms with van der Waals surface area (Å²) in [7, 11) is 1.42. The average molecular weight is 655 g/mol. The molecule has 1 saturated heterocycles. The van der Waals surface area contributed by atoms with Gasteiger partial charge in [0.15, 0.2) is 5.82 Å². The van der Waals surface area contributed by atoms with E-state index in [0.717, 1.165) is 6.07 Å². The van der Waals surface area contributed by atoms with Crippen LogP contribution in [-0.2, 0) is 14.4 Å². The molecule has 1 fully saturated rings. The Morgan fingerprint density at radius 3 is 2.50 bits per heavy atom. The molecule has 15 heteroatoms. The van der Waals surface area contributed by atoms with Gasteiger partial charge in [0.25, 0.3) is 0 Å². The molecule has 0 radical (unpaired) electrons. The first-order valence-corrected chi connectivity index (χ1v) is 14.0. The molecule has 0 spiro atoms. The quantitative estimate of drug-likeness (QED) is 0.259. The van der Waals surface area contributed by atoms with Crippen LogP contribution in [-0.4, -0.2) is 64.4 Å². The number of nitrogens with zero attached hydrogens (tertiary/aromatic N) is 3. The molecule has 2 aromatic carbocycles. The Hall–Kier alpha value is -3.81. The summed E-state index contributed by atoms with van der Waals surface area (Å²) in [6, 6.07) is 2.81. The van der Waals surface area contributed by atoms with E-state index in [1.165, 1.54) is 31.3 Å². The van der Waals surface area contributed by atoms with Gasteiger partial charge in [0.2, 0.25) is 17.7 Å². The number of carbonyl (C=O) groups is 3. The van der Waals surface area contributed by atoms with E-state index in [2.05, 4.69) is 25.9 Å². The number of hydrogen-bond donors (Lipinski definition) is 4. The molecule has 1 aliphatic heterocycles. The summed E-state index contributed by atoms with van der Waals surface area (Å²) in [6.07, 6.45) is 2.25. The maximum Gasteiger partial charge on any atom is 0.247 e. The number of ether oxygens (including phenoxy) is 1. The van der Waals surface area contributed by atoms with Crippen LogP contribution < -0.4 is 26.4 Å². The summed E-state index contributed by atoms with van der Waals surface area (Å²) >= 11 is 5.73. The van der Waals surface area contributed by atoms with Crippen LogP contribution in [0.5, 0.6) is 5.75 Å². The van der Waals surface area contributed by atoms with Crippen molar-refractivity contribution >= 4 is 69.8 Å². The van der Waals surface area contributed by atoms with Gasteiger partial charge in [0.05, 0.1) is 30.0 Å². The molecule has 44 heavy (non-hydrogen) atoms. The normalized spacial score (nSPS) is 16.1. The van der Waals surface area contributed by atoms with E-state index in [1.54, 1.807) is 12.1 Å². The summed E-state index contributed by atoms with van der Waals surface area (Å²) in [6.45, 7) is 7.32. The first-order chi connectivity index (χ1) is 20.2. The number of rotatable bonds is 8. The minimum Gasteiger partial charge on any atom is -0.494 e. The monoisotopic (exact) mass is 653 g/mol. The van der Waals surface area contributed by atoms with E-state index in [0.29, 0.717) is 30.3 Å². The van der Waals surface area contributed by atoms with Crippen LogP contribution >= 0.6 is 24.0 Å². The highest BCUT2D eigenvalue weighted by Crippen LogP contribution is 2.35. The standard InChI is InChI=1S/C29H34ClF2N7O4.ClH/c1-14(33)26(40)38-24(29(2,3)4)28(42)39-10-6-7-20(39)27(41)37-19-11-15-18(12-21(19)43-5)34-13-35-25(15)36-17-9-8-16(31)22(30)23(17)32;/h8-9,11-14,20,24H,6-7,10,33H2,1-5H3,(H,37,41)(H,38,40)(H,34,35,36);1H. The summed E-state index contributed by atoms with van der Waals surface area (Å²) in [5, 5.41) is 8.10. The van der Waals surface area contributed by atoms with Gasteiger partial charge in [-0.05, 0) is 43.4 Å². The van der Waals surface area contributed by atoms with Gasteiger partial charge in [-0.1, -0.05) is 32.4 Å². The Morgan fingerprint density at radius 1 is 1.16 bits per heavy atom. The van der Waals surface area contributed by atoms with Crippen LogP contribution in [0.1, 0.15) is 40.5 Å². The van der Waals surface area contributed by atoms with Crippen molar-refractivity contribution < 1.29 is 27.9 Å². The number of nitrogens with one attached hydrogen (secondary N) is 3. The fraction of sp³-hybridized carbons (Fsp3) is 0.414. The lowest BCUT2D eigenvalue weighted by Gasteiger charge is -2.35. The van der Waals surface area contributed by atoms with Gasteiger partial charge < -0.3 is 31.3 Å². The molecule has 1 aromatic heterocycles. The Kier molecular flexibility index (Phi) is 10.9. The number of benzene rings is 2. The summed E-state index contributed by atoms with van der Waals surface area (Å²) in [4.78, 5) is 49.6. The van der Waals surface area contributed by atoms with E-state index in [9.17, 15) is 23.2 Å². The number of fused-ring (bicyclic) bond motifs is 1. The van der Waals surface area contributed by atoms with Gasteiger partial charge >= 0.3 is 0 Å². The number of nitrogens with two attached hydrogens (primary N) is 1. The van der Waals surface area contributed by atoms with E-state index in [-0.39, 0.29) is 41.3 Å². The lowest BCUT2D eigenvalue weighted by atomic mass is 9.85. The lowest BCUT2D eigenvalue weighted by Crippen LogP contribution is -2.59. The van der Waals surface area contributed by atoms with E-state index in [1.807, 2.05) is 20.8 Å². The molecule has 0 bridgehead atoms. The van der Waals surface area contributed by atoms with Crippen LogP contribution in [0.3, 0.4) is 0 Å². The first-order valence-electron chi connectivity index (χ1n) is 13.6. The molecule has 238 valence electrons. The smallest absolute Gasteiger partial charge is 0.247 e. The van der Waals surface area contributed by atoms with Crippen molar-refractivity contribution in [3.8, 4) is 5.75 Å². The SMILES string of the molecule is COc1cc2ncnc(Nc3ccc(F)c(Cl)c3F)c2cc1NC(=O)C1CCCN1C(=O)C(NC(=O)C(C)N)C(C)(C)C.Cl. The second-order valence-electron chi connectivity index (χ2n) is 11.4. The molecular weight excluding hydrogens is 619 g/mol. The second-order valence-corrected chi connectivity index (χ2v) is 11.8. The summed E-state index contributed by atoms with van der Waals surface area (Å²) < 4.78 is 33.8. The molecule has 3 amide bonds. The number of aromatic nitrogens is 2. The largest absolute Gasteiger partial charge is 0.494 e. The van der Waals surface area contributed by atoms with E-state index in [4.69, 9.17) is 22.1 Å². The molecule has 3 atom stereocenters. The third-order valence-electron chi connectivity index (χ3n) is 7.15. The van der Waals surface area contributed by atoms with Crippen molar-refractivity contribution in [2.75, 3.05) is 24.3 Å². The third-order valence-corrected chi connectivity index (χ3v) is 7.50. The molecule has 3 unspecified atom stereocenters. The molecule has 1 aliphatic rings. The molecule has 3 aromatic rings. The van der Waals surface area contributed by atoms with Crippen molar-refractivity contribution in [2.45, 2.75) is 58.7 Å². The highest BCUT2D eigenvalue weighted by molar-refractivity contribution is 6.31. The Morgan fingerprint density at radius 2 is 1.86 bits per heavy atom. The van der Waals surface area contributed by atoms with Crippen LogP contribution in [0.25, 0.3) is 10.9 Å². The van der Waals surface area contributed by atoms with Crippen LogP contribution in [0.2, 0.25) is 5.02 Å². The minimum atomic E-state index is -0.993. The van der Waals surface area contributed by atoms with Crippen molar-refractivity contribution in [1.29, 1.82) is 0 Å². The van der Waals surface area contributed by atoms with Crippen molar-refractivity contribution in [2.24, 2.45) is 11.1 Å². The fourth-order valence-electron chi connectivity index (χ4n) is 4.81. The lowest BCUT2D eigenvalue weighted by molar-refractivity contribution is -0.142. The molecule has 11 nitrogen and oxygen atoms in total. The van der Waals surface area contributed by atoms with E-state index < -0.39 is 52.0 Å². The van der Waals surface area contributed by atoms with Crippen LogP contribution in [0.15, 0.2) is 30.6 Å². The molecule has 5 N–H and O–H groups in total. The summed E-state index contributed by atoms with van der Waals surface area (Å²) in [5.41, 5.74) is 5.63. The maximum absolute atomic E-state index is 14.6. The number of hydrogen-bond acceptors (Lipinski definition) is 8. The number of amides is 3. The number of anilines is 3. The minimum absolute atomic E-state index is 0. The topological polar surface area (TPSA) is 152 Å². The molecular formula is C29H35Cl2F2N7O4. The Balaban J connectivity index is 0.00000529. The summed E-state index contributed by atoms with van der Waals surface area (Å²) in [5.74, 6) is -2.76. The molecule has 0 aliphatic carbocycles. The zero-order valence-corrected chi connectivity index (χ0v) is 26.4. The van der Waals surface area contributed by atoms with Crippen molar-refractivity contribution in [3.05, 3.63) is 47.2 Å². The molecule has 0 saturated carbocycles. The van der Waals surface area contributed by atoms with Crippen molar-refractivity contribution in [3.63, 3.8) is 0 Å². The van der Waals surface area contributed by atoms with Crippen molar-refractivity contribution in [1.82, 2.24) is 20.2 Å². The van der Waals surface area contributed by atoms with Gasteiger partial charge in [0, 0.05) is 18.0 Å². The van der Waals surface area contributed by atoms with Crippen LogP contribution in [0, 0.1) is 17.0 Å². The number of halogens is 4. The van der Waals surface area contributed by atoms with Gasteiger partial charge in [-0.25, -0.2) is 18.7 Å². The zero-order chi connectivity index (χ0) is 31.6. The Bertz CT molecular complexity index is 1570. The predicted molar refractivity (Wildman–Crippen MR) is 166 cm³/mol. The molecule has 2 heterocycles. The van der Waals surface area contributed by atoms with Gasteiger partial charge in [-0.15, -0.1) is 12.4 Å². The third kappa shape index (κ3) is 7.28. The first kappa shape index (κ1) is 34.7. The second kappa shape index (κ2) is 13.9. The maximum atomic E-state index is 14.6. The number of methoxy groups -OCH3 is 1. The molecule has 4 rings (SSSR count). The number of likely N-dealkylation sites (tertiary alicyclic amines) is 1.